The van der Waals surface area contributed by atoms with Crippen LogP contribution in [-0.2, 0) is 37.5 Å². The Morgan fingerprint density at radius 2 is 1.41 bits per heavy atom. The number of rotatable bonds is 27. The number of halogens is 1. The van der Waals surface area contributed by atoms with Crippen molar-refractivity contribution < 1.29 is 40.2 Å². The number of carbonyl (C=O) groups is 1. The summed E-state index contributed by atoms with van der Waals surface area (Å²) in [6, 6.07) is 19.2. The van der Waals surface area contributed by atoms with Crippen LogP contribution in [0.25, 0.3) is 22.7 Å². The van der Waals surface area contributed by atoms with Crippen LogP contribution in [0.2, 0.25) is 0 Å². The number of benzene rings is 4. The van der Waals surface area contributed by atoms with Crippen LogP contribution in [0, 0.1) is 15.9 Å². The van der Waals surface area contributed by atoms with Gasteiger partial charge in [-0.25, -0.2) is 26.2 Å². The number of fused-ring (bicyclic) bond motifs is 1. The molecule has 21 nitrogen and oxygen atoms in total. The second-order valence-electron chi connectivity index (χ2n) is 21.8. The number of unbranched alkanes of at least 4 members (excludes halogenated alkanes) is 11. The fraction of sp³-hybridized carbons (Fsp3) is 0.429. The quantitative estimate of drug-likeness (QED) is 0.0162. The number of nitrogens with zero attached hydrogens (tertiary/aromatic N) is 7. The molecular weight excluding hydrogens is 1070 g/mol. The third-order valence-electron chi connectivity index (χ3n) is 13.0. The largest absolute Gasteiger partial charge is 0.489 e. The minimum atomic E-state index is -4.34. The topological polar surface area (TPSA) is 280 Å². The molecule has 0 aliphatic heterocycles. The Labute approximate surface area is 465 Å². The fourth-order valence-corrected chi connectivity index (χ4v) is 10.5. The molecule has 0 aliphatic rings. The van der Waals surface area contributed by atoms with Gasteiger partial charge in [0.1, 0.15) is 18.0 Å². The van der Waals surface area contributed by atoms with Gasteiger partial charge in [0.05, 0.1) is 27.3 Å². The second-order valence-corrected chi connectivity index (χ2v) is 25.2. The van der Waals surface area contributed by atoms with Crippen molar-refractivity contribution in [3.63, 3.8) is 0 Å². The summed E-state index contributed by atoms with van der Waals surface area (Å²) in [5, 5.41) is 31.4. The van der Waals surface area contributed by atoms with Crippen molar-refractivity contribution in [2.24, 2.45) is 10.2 Å². The van der Waals surface area contributed by atoms with Crippen LogP contribution in [0.4, 0.5) is 32.8 Å². The first-order valence-electron chi connectivity index (χ1n) is 26.7. The number of nitro benzene ring substituents is 1. The molecule has 0 saturated heterocycles. The predicted octanol–water partition coefficient (Wildman–Crippen LogP) is 12.7. The molecule has 0 fully saturated rings. The Bertz CT molecular complexity index is 3630. The number of H-pyrrole nitrogens is 1. The van der Waals surface area contributed by atoms with Crippen LogP contribution in [0.1, 0.15) is 153 Å². The first-order chi connectivity index (χ1) is 37.8. The standard InChI is InChI=1S/C56H70FN11O10S2/c1-9-10-11-12-13-14-15-16-17-18-19-20-33-58-53(69)38-23-32-46(47(34-38)68(71)72)66-54(70)43(50(78-66)56(5,6)7)36-77-41-28-26-40(27-29-41)65-80(75,76)42-30-31-45(44(57)35-42)60-61-48-49(55(2,3)4)62-67-52(48)59-51(63-67)37-21-24-39(25-22-37)64-79(8,73)74/h21-32,34-35,62,64-65H,9-20,33,36H2,1-8H3,(H,58,69). The van der Waals surface area contributed by atoms with Gasteiger partial charge in [-0.3, -0.25) is 34.2 Å². The summed E-state index contributed by atoms with van der Waals surface area (Å²) in [5.41, 5.74) is -0.590. The molecule has 4 aromatic carbocycles. The van der Waals surface area contributed by atoms with Crippen molar-refractivity contribution in [3.8, 4) is 22.8 Å². The van der Waals surface area contributed by atoms with Crippen molar-refractivity contribution in [1.29, 1.82) is 0 Å². The van der Waals surface area contributed by atoms with Gasteiger partial charge in [-0.05, 0) is 85.3 Å². The smallest absolute Gasteiger partial charge is 0.297 e. The van der Waals surface area contributed by atoms with E-state index in [0.717, 1.165) is 48.8 Å². The van der Waals surface area contributed by atoms with Crippen molar-refractivity contribution >= 4 is 60.0 Å². The molecule has 3 aromatic heterocycles. The maximum Gasteiger partial charge on any atom is 0.297 e. The summed E-state index contributed by atoms with van der Waals surface area (Å²) in [5.74, 6) is -0.704. The number of hydrogen-bond donors (Lipinski definition) is 4. The number of carbonyl (C=O) groups excluding carboxylic acids is 1. The van der Waals surface area contributed by atoms with E-state index in [2.05, 4.69) is 47.1 Å². The third-order valence-corrected chi connectivity index (χ3v) is 15.0. The van der Waals surface area contributed by atoms with E-state index in [1.54, 1.807) is 45.0 Å². The van der Waals surface area contributed by atoms with Crippen molar-refractivity contribution in [3.05, 3.63) is 134 Å². The van der Waals surface area contributed by atoms with E-state index in [0.29, 0.717) is 29.3 Å². The van der Waals surface area contributed by atoms with Crippen LogP contribution >= 0.6 is 0 Å². The molecule has 7 aromatic rings. The molecule has 0 atom stereocenters. The lowest BCUT2D eigenvalue weighted by molar-refractivity contribution is -0.384. The molecule has 3 heterocycles. The van der Waals surface area contributed by atoms with Gasteiger partial charge < -0.3 is 14.6 Å². The zero-order valence-corrected chi connectivity index (χ0v) is 48.0. The van der Waals surface area contributed by atoms with E-state index in [4.69, 9.17) is 9.26 Å². The molecule has 0 radical (unpaired) electrons. The zero-order valence-electron chi connectivity index (χ0n) is 46.4. The summed E-state index contributed by atoms with van der Waals surface area (Å²) in [4.78, 5) is 43.0. The maximum atomic E-state index is 15.7. The number of aromatic amines is 1. The van der Waals surface area contributed by atoms with Crippen LogP contribution in [0.15, 0.2) is 109 Å². The number of nitro groups is 1. The minimum absolute atomic E-state index is 0.0674. The number of sulfonamides is 2. The molecule has 428 valence electrons. The SMILES string of the molecule is CCCCCCCCCCCCCCNC(=O)c1ccc(-n2oc(C(C)(C)C)c(COc3ccc(NS(=O)(=O)c4ccc(N=Nc5c(C(C)(C)C)[nH]n6nc(-c7ccc(NS(C)(=O)=O)cc7)nc56)c(F)c4)cc3)c2=O)c([N+](=O)[O-])c1. The summed E-state index contributed by atoms with van der Waals surface area (Å²) in [6.45, 7) is 13.5. The van der Waals surface area contributed by atoms with E-state index in [1.807, 2.05) is 20.8 Å². The fourth-order valence-electron chi connectivity index (χ4n) is 8.82. The number of azo groups is 1. The lowest BCUT2D eigenvalue weighted by Crippen LogP contribution is -2.25. The molecule has 0 aliphatic carbocycles. The van der Waals surface area contributed by atoms with E-state index < -0.39 is 63.7 Å². The number of anilines is 2. The van der Waals surface area contributed by atoms with Crippen LogP contribution in [0.5, 0.6) is 5.75 Å². The van der Waals surface area contributed by atoms with Crippen molar-refractivity contribution in [2.45, 2.75) is 148 Å². The first kappa shape index (κ1) is 59.9. The summed E-state index contributed by atoms with van der Waals surface area (Å²) in [6.07, 6.45) is 15.3. The minimum Gasteiger partial charge on any atom is -0.489 e. The predicted molar refractivity (Wildman–Crippen MR) is 305 cm³/mol. The average Bonchev–Trinajstić information content (AvgIpc) is 4.14. The molecule has 0 unspecified atom stereocenters. The molecule has 80 heavy (non-hydrogen) atoms. The Kier molecular flexibility index (Phi) is 19.2. The van der Waals surface area contributed by atoms with E-state index >= 15 is 4.39 Å². The lowest BCUT2D eigenvalue weighted by Gasteiger charge is -2.16. The molecular formula is C56H70FN11O10S2. The van der Waals surface area contributed by atoms with Gasteiger partial charge in [0.25, 0.3) is 27.2 Å². The van der Waals surface area contributed by atoms with Gasteiger partial charge in [-0.15, -0.1) is 20.1 Å². The summed E-state index contributed by atoms with van der Waals surface area (Å²) >= 11 is 0. The lowest BCUT2D eigenvalue weighted by atomic mass is 9.91. The Morgan fingerprint density at radius 3 is 2.00 bits per heavy atom. The monoisotopic (exact) mass is 1140 g/mol. The highest BCUT2D eigenvalue weighted by Gasteiger charge is 2.32. The van der Waals surface area contributed by atoms with Crippen LogP contribution in [0.3, 0.4) is 0 Å². The van der Waals surface area contributed by atoms with Gasteiger partial charge in [0.15, 0.2) is 28.8 Å². The molecule has 24 heteroatoms. The van der Waals surface area contributed by atoms with Gasteiger partial charge in [-0.2, -0.15) is 4.63 Å². The van der Waals surface area contributed by atoms with E-state index in [1.165, 1.54) is 105 Å². The second kappa shape index (κ2) is 25.6. The van der Waals surface area contributed by atoms with E-state index in [9.17, 15) is 36.5 Å². The summed E-state index contributed by atoms with van der Waals surface area (Å²) < 4.78 is 85.1. The Hall–Kier alpha value is -7.73. The normalized spacial score (nSPS) is 12.4. The van der Waals surface area contributed by atoms with Gasteiger partial charge in [0.2, 0.25) is 15.7 Å². The van der Waals surface area contributed by atoms with Crippen molar-refractivity contribution in [1.82, 2.24) is 29.9 Å². The first-order valence-corrected chi connectivity index (χ1v) is 30.1. The summed E-state index contributed by atoms with van der Waals surface area (Å²) in [7, 11) is -7.82. The van der Waals surface area contributed by atoms with Gasteiger partial charge in [0, 0.05) is 45.9 Å². The van der Waals surface area contributed by atoms with Crippen LogP contribution < -0.4 is 25.1 Å². The van der Waals surface area contributed by atoms with Crippen molar-refractivity contribution in [2.75, 3.05) is 22.2 Å². The van der Waals surface area contributed by atoms with Gasteiger partial charge >= 0.3 is 0 Å². The molecule has 0 saturated carbocycles. The number of nitrogens with one attached hydrogen (secondary N) is 4. The Balaban J connectivity index is 0.972. The number of ether oxygens (including phenoxy) is 1. The third kappa shape index (κ3) is 15.5. The average molecular weight is 1140 g/mol. The number of hydrogen-bond acceptors (Lipinski definition) is 14. The maximum absolute atomic E-state index is 15.7. The molecule has 0 bridgehead atoms. The molecule has 4 N–H and O–H groups in total. The zero-order chi connectivity index (χ0) is 58.0. The number of aromatic nitrogens is 5. The van der Waals surface area contributed by atoms with Crippen LogP contribution in [-0.4, -0.2) is 65.0 Å². The van der Waals surface area contributed by atoms with E-state index in [-0.39, 0.29) is 57.6 Å². The van der Waals surface area contributed by atoms with Gasteiger partial charge in [-0.1, -0.05) is 119 Å². The molecule has 0 spiro atoms. The highest BCUT2D eigenvalue weighted by atomic mass is 32.2. The Morgan fingerprint density at radius 1 is 0.800 bits per heavy atom. The molecule has 7 rings (SSSR count). The highest BCUT2D eigenvalue weighted by molar-refractivity contribution is 7.92. The molecule has 1 amide bonds. The number of amides is 1. The highest BCUT2D eigenvalue weighted by Crippen LogP contribution is 2.37.